The molecule has 3 rings (SSSR count). The summed E-state index contributed by atoms with van der Waals surface area (Å²) >= 11 is 1.70. The lowest BCUT2D eigenvalue weighted by Gasteiger charge is -2.12. The van der Waals surface area contributed by atoms with Crippen LogP contribution in [0, 0.1) is 0 Å². The van der Waals surface area contributed by atoms with E-state index in [1.54, 1.807) is 18.4 Å². The van der Waals surface area contributed by atoms with Crippen molar-refractivity contribution in [1.29, 1.82) is 0 Å². The molecule has 0 unspecified atom stereocenters. The Bertz CT molecular complexity index is 502. The molecule has 17 heavy (non-hydrogen) atoms. The van der Waals surface area contributed by atoms with Gasteiger partial charge in [-0.1, -0.05) is 30.3 Å². The number of hydrogen-bond acceptors (Lipinski definition) is 3. The summed E-state index contributed by atoms with van der Waals surface area (Å²) in [5, 5.41) is 3.26. The minimum absolute atomic E-state index is 0.198. The third-order valence-corrected chi connectivity index (χ3v) is 4.21. The third kappa shape index (κ3) is 1.90. The molecule has 0 atom stereocenters. The van der Waals surface area contributed by atoms with Gasteiger partial charge in [0.2, 0.25) is 0 Å². The Balaban J connectivity index is 1.92. The van der Waals surface area contributed by atoms with Crippen molar-refractivity contribution < 1.29 is 4.74 Å². The summed E-state index contributed by atoms with van der Waals surface area (Å²) in [4.78, 5) is 4.70. The molecular formula is C14H15NOS. The molecule has 0 N–H and O–H groups in total. The van der Waals surface area contributed by atoms with Gasteiger partial charge in [0, 0.05) is 17.9 Å². The van der Waals surface area contributed by atoms with Crippen LogP contribution in [0.3, 0.4) is 0 Å². The quantitative estimate of drug-likeness (QED) is 0.824. The number of thiazole rings is 1. The SMILES string of the molecule is COCc1nc(C2(c3ccccc3)CC2)cs1. The first-order valence-corrected chi connectivity index (χ1v) is 6.72. The molecule has 2 nitrogen and oxygen atoms in total. The normalized spacial score (nSPS) is 17.0. The second kappa shape index (κ2) is 4.24. The van der Waals surface area contributed by atoms with Gasteiger partial charge in [-0.15, -0.1) is 11.3 Å². The maximum absolute atomic E-state index is 5.13. The number of ether oxygens (including phenoxy) is 1. The zero-order valence-corrected chi connectivity index (χ0v) is 10.7. The van der Waals surface area contributed by atoms with Crippen LogP contribution in [0.1, 0.15) is 29.1 Å². The standard InChI is InChI=1S/C14H15NOS/c1-16-9-13-15-12(10-17-13)14(7-8-14)11-5-3-2-4-6-11/h2-6,10H,7-9H2,1H3. The molecule has 0 aliphatic heterocycles. The Morgan fingerprint density at radius 3 is 2.71 bits per heavy atom. The Morgan fingerprint density at radius 2 is 2.06 bits per heavy atom. The molecule has 0 saturated heterocycles. The highest BCUT2D eigenvalue weighted by molar-refractivity contribution is 7.09. The van der Waals surface area contributed by atoms with Gasteiger partial charge in [-0.05, 0) is 18.4 Å². The molecule has 0 spiro atoms. The van der Waals surface area contributed by atoms with E-state index in [0.717, 1.165) is 5.01 Å². The number of rotatable bonds is 4. The topological polar surface area (TPSA) is 22.1 Å². The molecule has 3 heteroatoms. The first-order chi connectivity index (χ1) is 8.35. The van der Waals surface area contributed by atoms with E-state index < -0.39 is 0 Å². The van der Waals surface area contributed by atoms with Gasteiger partial charge in [-0.3, -0.25) is 0 Å². The largest absolute Gasteiger partial charge is 0.378 e. The zero-order valence-electron chi connectivity index (χ0n) is 9.85. The molecule has 1 aromatic carbocycles. The molecule has 1 aliphatic rings. The van der Waals surface area contributed by atoms with E-state index in [0.29, 0.717) is 6.61 Å². The van der Waals surface area contributed by atoms with Crippen molar-refractivity contribution >= 4 is 11.3 Å². The van der Waals surface area contributed by atoms with E-state index in [4.69, 9.17) is 9.72 Å². The molecule has 1 fully saturated rings. The maximum Gasteiger partial charge on any atom is 0.119 e. The summed E-state index contributed by atoms with van der Waals surface area (Å²) in [5.74, 6) is 0. The van der Waals surface area contributed by atoms with E-state index in [-0.39, 0.29) is 5.41 Å². The summed E-state index contributed by atoms with van der Waals surface area (Å²) in [6.45, 7) is 0.621. The Labute approximate surface area is 105 Å². The van der Waals surface area contributed by atoms with Crippen molar-refractivity contribution in [3.63, 3.8) is 0 Å². The average molecular weight is 245 g/mol. The molecule has 0 amide bonds. The minimum atomic E-state index is 0.198. The first kappa shape index (κ1) is 10.9. The Kier molecular flexibility index (Phi) is 2.73. The van der Waals surface area contributed by atoms with Crippen LogP contribution < -0.4 is 0 Å². The molecule has 1 heterocycles. The first-order valence-electron chi connectivity index (χ1n) is 5.84. The monoisotopic (exact) mass is 245 g/mol. The van der Waals surface area contributed by atoms with E-state index in [1.807, 2.05) is 0 Å². The maximum atomic E-state index is 5.13. The van der Waals surface area contributed by atoms with Crippen LogP contribution in [0.25, 0.3) is 0 Å². The third-order valence-electron chi connectivity index (χ3n) is 3.39. The highest BCUT2D eigenvalue weighted by Gasteiger charge is 2.47. The zero-order chi connectivity index (χ0) is 11.7. The van der Waals surface area contributed by atoms with Crippen molar-refractivity contribution in [3.8, 4) is 0 Å². The summed E-state index contributed by atoms with van der Waals surface area (Å²) in [5.41, 5.74) is 2.82. The number of benzene rings is 1. The van der Waals surface area contributed by atoms with Crippen molar-refractivity contribution in [3.05, 3.63) is 52.0 Å². The summed E-state index contributed by atoms with van der Waals surface area (Å²) in [6, 6.07) is 10.7. The fourth-order valence-electron chi connectivity index (χ4n) is 2.30. The number of aromatic nitrogens is 1. The van der Waals surface area contributed by atoms with E-state index in [9.17, 15) is 0 Å². The minimum Gasteiger partial charge on any atom is -0.378 e. The smallest absolute Gasteiger partial charge is 0.119 e. The number of hydrogen-bond donors (Lipinski definition) is 0. The highest BCUT2D eigenvalue weighted by Crippen LogP contribution is 2.53. The lowest BCUT2D eigenvalue weighted by atomic mass is 9.93. The lowest BCUT2D eigenvalue weighted by molar-refractivity contribution is 0.184. The fourth-order valence-corrected chi connectivity index (χ4v) is 3.16. The van der Waals surface area contributed by atoms with Crippen LogP contribution in [0.15, 0.2) is 35.7 Å². The summed E-state index contributed by atoms with van der Waals surface area (Å²) < 4.78 is 5.13. The average Bonchev–Trinajstić information content (AvgIpc) is 3.06. The molecule has 88 valence electrons. The van der Waals surface area contributed by atoms with E-state index >= 15 is 0 Å². The van der Waals surface area contributed by atoms with Crippen LogP contribution in [-0.2, 0) is 16.8 Å². The summed E-state index contributed by atoms with van der Waals surface area (Å²) in [6.07, 6.45) is 2.43. The van der Waals surface area contributed by atoms with E-state index in [2.05, 4.69) is 35.7 Å². The van der Waals surface area contributed by atoms with Gasteiger partial charge in [0.1, 0.15) is 5.01 Å². The molecular weight excluding hydrogens is 230 g/mol. The predicted molar refractivity (Wildman–Crippen MR) is 69.3 cm³/mol. The van der Waals surface area contributed by atoms with Crippen LogP contribution in [0.5, 0.6) is 0 Å². The van der Waals surface area contributed by atoms with Gasteiger partial charge in [-0.25, -0.2) is 4.98 Å². The van der Waals surface area contributed by atoms with Gasteiger partial charge in [0.05, 0.1) is 12.3 Å². The van der Waals surface area contributed by atoms with Gasteiger partial charge in [0.15, 0.2) is 0 Å². The van der Waals surface area contributed by atoms with Crippen molar-refractivity contribution in [2.45, 2.75) is 24.9 Å². The van der Waals surface area contributed by atoms with Crippen LogP contribution in [0.2, 0.25) is 0 Å². The number of nitrogens with zero attached hydrogens (tertiary/aromatic N) is 1. The van der Waals surface area contributed by atoms with Crippen molar-refractivity contribution in [2.75, 3.05) is 7.11 Å². The molecule has 2 aromatic rings. The lowest BCUT2D eigenvalue weighted by Crippen LogP contribution is -2.09. The van der Waals surface area contributed by atoms with Crippen LogP contribution in [-0.4, -0.2) is 12.1 Å². The number of methoxy groups -OCH3 is 1. The van der Waals surface area contributed by atoms with Crippen molar-refractivity contribution in [2.24, 2.45) is 0 Å². The second-order valence-corrected chi connectivity index (χ2v) is 5.45. The Morgan fingerprint density at radius 1 is 1.29 bits per heavy atom. The van der Waals surface area contributed by atoms with Crippen LogP contribution >= 0.6 is 11.3 Å². The van der Waals surface area contributed by atoms with E-state index in [1.165, 1.54) is 24.1 Å². The second-order valence-electron chi connectivity index (χ2n) is 4.51. The van der Waals surface area contributed by atoms with Crippen molar-refractivity contribution in [1.82, 2.24) is 4.98 Å². The molecule has 0 radical (unpaired) electrons. The highest BCUT2D eigenvalue weighted by atomic mass is 32.1. The van der Waals surface area contributed by atoms with Gasteiger partial charge >= 0.3 is 0 Å². The van der Waals surface area contributed by atoms with Gasteiger partial charge in [0.25, 0.3) is 0 Å². The summed E-state index contributed by atoms with van der Waals surface area (Å²) in [7, 11) is 1.71. The molecule has 1 aliphatic carbocycles. The molecule has 1 aromatic heterocycles. The molecule has 0 bridgehead atoms. The van der Waals surface area contributed by atoms with Gasteiger partial charge < -0.3 is 4.74 Å². The predicted octanol–water partition coefficient (Wildman–Crippen LogP) is 3.37. The Hall–Kier alpha value is -1.19. The van der Waals surface area contributed by atoms with Gasteiger partial charge in [-0.2, -0.15) is 0 Å². The van der Waals surface area contributed by atoms with Crippen LogP contribution in [0.4, 0.5) is 0 Å². The molecule has 1 saturated carbocycles. The fraction of sp³-hybridized carbons (Fsp3) is 0.357.